The van der Waals surface area contributed by atoms with Crippen molar-refractivity contribution in [1.29, 1.82) is 0 Å². The van der Waals surface area contributed by atoms with Gasteiger partial charge in [0.2, 0.25) is 0 Å². The summed E-state index contributed by atoms with van der Waals surface area (Å²) in [6.07, 6.45) is 0. The molecule has 0 saturated carbocycles. The maximum Gasteiger partial charge on any atom is 0.270 e. The number of carbonyl (C=O) groups excluding carboxylic acids is 1. The zero-order chi connectivity index (χ0) is 16.3. The summed E-state index contributed by atoms with van der Waals surface area (Å²) in [5, 5.41) is 10.6. The van der Waals surface area contributed by atoms with Crippen LogP contribution >= 0.6 is 11.6 Å². The fraction of sp³-hybridized carbons (Fsp3) is 0. The molecule has 0 saturated heterocycles. The second kappa shape index (κ2) is 6.12. The molecule has 0 heterocycles. The zero-order valence-electron chi connectivity index (χ0n) is 10.9. The van der Waals surface area contributed by atoms with Gasteiger partial charge in [-0.1, -0.05) is 29.8 Å². The molecule has 0 aromatic heterocycles. The van der Waals surface area contributed by atoms with Crippen molar-refractivity contribution in [3.05, 3.63) is 69.2 Å². The van der Waals surface area contributed by atoms with E-state index in [0.29, 0.717) is 0 Å². The van der Waals surface area contributed by atoms with E-state index in [9.17, 15) is 23.3 Å². The number of halogens is 1. The van der Waals surface area contributed by atoms with E-state index in [-0.39, 0.29) is 21.2 Å². The average molecular weight is 341 g/mol. The standard InChI is InChI=1S/C13H9ClN2O5S/c14-11-6-1-2-7-12(11)22(20,21)15-13(17)9-4-3-5-10(8-9)16(18)19/h1-8H,(H,15,17). The van der Waals surface area contributed by atoms with E-state index in [1.807, 2.05) is 4.72 Å². The third-order valence-electron chi connectivity index (χ3n) is 2.67. The summed E-state index contributed by atoms with van der Waals surface area (Å²) in [7, 11) is -4.17. The van der Waals surface area contributed by atoms with E-state index in [1.165, 1.54) is 36.4 Å². The molecule has 2 aromatic carbocycles. The van der Waals surface area contributed by atoms with Crippen LogP contribution in [0, 0.1) is 10.1 Å². The van der Waals surface area contributed by atoms with Gasteiger partial charge in [-0.25, -0.2) is 13.1 Å². The van der Waals surface area contributed by atoms with Gasteiger partial charge in [-0.05, 0) is 18.2 Å². The Kier molecular flexibility index (Phi) is 4.43. The minimum Gasteiger partial charge on any atom is -0.268 e. The summed E-state index contributed by atoms with van der Waals surface area (Å²) in [6.45, 7) is 0. The Hall–Kier alpha value is -2.45. The van der Waals surface area contributed by atoms with Crippen LogP contribution in [-0.2, 0) is 10.0 Å². The number of hydrogen-bond acceptors (Lipinski definition) is 5. The first-order valence-corrected chi connectivity index (χ1v) is 7.73. The molecule has 1 amide bonds. The third-order valence-corrected chi connectivity index (χ3v) is 4.50. The molecule has 22 heavy (non-hydrogen) atoms. The largest absolute Gasteiger partial charge is 0.270 e. The minimum atomic E-state index is -4.17. The lowest BCUT2D eigenvalue weighted by molar-refractivity contribution is -0.384. The van der Waals surface area contributed by atoms with Crippen molar-refractivity contribution in [2.75, 3.05) is 0 Å². The Bertz CT molecular complexity index is 851. The molecule has 0 spiro atoms. The second-order valence-corrected chi connectivity index (χ2v) is 6.23. The average Bonchev–Trinajstić information content (AvgIpc) is 2.47. The summed E-state index contributed by atoms with van der Waals surface area (Å²) < 4.78 is 26.0. The maximum absolute atomic E-state index is 12.1. The van der Waals surface area contributed by atoms with Crippen molar-refractivity contribution in [1.82, 2.24) is 4.72 Å². The summed E-state index contributed by atoms with van der Waals surface area (Å²) in [5.41, 5.74) is -0.465. The molecule has 0 fully saturated rings. The Balaban J connectivity index is 2.31. The van der Waals surface area contributed by atoms with Gasteiger partial charge in [0.15, 0.2) is 0 Å². The van der Waals surface area contributed by atoms with Crippen molar-refractivity contribution in [2.24, 2.45) is 0 Å². The van der Waals surface area contributed by atoms with E-state index < -0.39 is 20.9 Å². The van der Waals surface area contributed by atoms with Crippen LogP contribution in [0.1, 0.15) is 10.4 Å². The first kappa shape index (κ1) is 15.9. The van der Waals surface area contributed by atoms with Gasteiger partial charge in [0, 0.05) is 17.7 Å². The maximum atomic E-state index is 12.1. The number of benzene rings is 2. The highest BCUT2D eigenvalue weighted by molar-refractivity contribution is 7.90. The topological polar surface area (TPSA) is 106 Å². The summed E-state index contributed by atoms with van der Waals surface area (Å²) >= 11 is 5.79. The highest BCUT2D eigenvalue weighted by Crippen LogP contribution is 2.21. The molecule has 0 aliphatic heterocycles. The van der Waals surface area contributed by atoms with Crippen molar-refractivity contribution >= 4 is 33.2 Å². The lowest BCUT2D eigenvalue weighted by Gasteiger charge is -2.08. The molecule has 2 aromatic rings. The van der Waals surface area contributed by atoms with Crippen LogP contribution in [0.5, 0.6) is 0 Å². The van der Waals surface area contributed by atoms with Gasteiger partial charge in [-0.15, -0.1) is 0 Å². The number of nitrogens with one attached hydrogen (secondary N) is 1. The Morgan fingerprint density at radius 1 is 1.14 bits per heavy atom. The molecule has 1 N–H and O–H groups in total. The van der Waals surface area contributed by atoms with Crippen LogP contribution in [0.2, 0.25) is 5.02 Å². The predicted molar refractivity (Wildman–Crippen MR) is 79.2 cm³/mol. The number of hydrogen-bond donors (Lipinski definition) is 1. The van der Waals surface area contributed by atoms with Crippen LogP contribution < -0.4 is 4.72 Å². The van der Waals surface area contributed by atoms with Crippen LogP contribution in [0.15, 0.2) is 53.4 Å². The van der Waals surface area contributed by atoms with Gasteiger partial charge in [0.05, 0.1) is 9.95 Å². The Morgan fingerprint density at radius 2 is 1.82 bits per heavy atom. The second-order valence-electron chi connectivity index (χ2n) is 4.17. The van der Waals surface area contributed by atoms with Crippen molar-refractivity contribution in [3.8, 4) is 0 Å². The molecule has 9 heteroatoms. The normalized spacial score (nSPS) is 11.0. The molecule has 7 nitrogen and oxygen atoms in total. The van der Waals surface area contributed by atoms with E-state index in [1.54, 1.807) is 6.07 Å². The molecule has 2 rings (SSSR count). The number of carbonyl (C=O) groups is 1. The zero-order valence-corrected chi connectivity index (χ0v) is 12.5. The van der Waals surface area contributed by atoms with Crippen molar-refractivity contribution in [3.63, 3.8) is 0 Å². The SMILES string of the molecule is O=C(NS(=O)(=O)c1ccccc1Cl)c1cccc([N+](=O)[O-])c1. The minimum absolute atomic E-state index is 0.0400. The first-order chi connectivity index (χ1) is 10.3. The van der Waals surface area contributed by atoms with Crippen LogP contribution in [-0.4, -0.2) is 19.2 Å². The molecule has 0 aliphatic rings. The van der Waals surface area contributed by atoms with Crippen molar-refractivity contribution < 1.29 is 18.1 Å². The summed E-state index contributed by atoms with van der Waals surface area (Å²) in [5.74, 6) is -0.983. The van der Waals surface area contributed by atoms with E-state index >= 15 is 0 Å². The molecule has 0 radical (unpaired) electrons. The fourth-order valence-corrected chi connectivity index (χ4v) is 3.15. The summed E-state index contributed by atoms with van der Waals surface area (Å²) in [4.78, 5) is 21.7. The van der Waals surface area contributed by atoms with Gasteiger partial charge < -0.3 is 0 Å². The fourth-order valence-electron chi connectivity index (χ4n) is 1.66. The number of non-ortho nitro benzene ring substituents is 1. The molecular weight excluding hydrogens is 332 g/mol. The molecule has 0 unspecified atom stereocenters. The number of nitro benzene ring substituents is 1. The molecule has 0 aliphatic carbocycles. The van der Waals surface area contributed by atoms with E-state index in [0.717, 1.165) is 6.07 Å². The number of amides is 1. The Labute approximate surface area is 130 Å². The highest BCUT2D eigenvalue weighted by Gasteiger charge is 2.22. The first-order valence-electron chi connectivity index (χ1n) is 5.87. The van der Waals surface area contributed by atoms with Gasteiger partial charge in [-0.2, -0.15) is 0 Å². The van der Waals surface area contributed by atoms with E-state index in [2.05, 4.69) is 0 Å². The smallest absolute Gasteiger partial charge is 0.268 e. The van der Waals surface area contributed by atoms with Crippen LogP contribution in [0.25, 0.3) is 0 Å². The highest BCUT2D eigenvalue weighted by atomic mass is 35.5. The molecule has 114 valence electrons. The van der Waals surface area contributed by atoms with Gasteiger partial charge in [0.1, 0.15) is 4.90 Å². The van der Waals surface area contributed by atoms with Crippen LogP contribution in [0.3, 0.4) is 0 Å². The molecule has 0 atom stereocenters. The Morgan fingerprint density at radius 3 is 2.45 bits per heavy atom. The number of nitrogens with zero attached hydrogens (tertiary/aromatic N) is 1. The monoisotopic (exact) mass is 340 g/mol. The number of nitro groups is 1. The predicted octanol–water partition coefficient (Wildman–Crippen LogP) is 2.37. The molecular formula is C13H9ClN2O5S. The quantitative estimate of drug-likeness (QED) is 0.679. The van der Waals surface area contributed by atoms with E-state index in [4.69, 9.17) is 11.6 Å². The number of rotatable bonds is 4. The van der Waals surface area contributed by atoms with Crippen molar-refractivity contribution in [2.45, 2.75) is 4.90 Å². The van der Waals surface area contributed by atoms with Gasteiger partial charge >= 0.3 is 0 Å². The lowest BCUT2D eigenvalue weighted by Crippen LogP contribution is -2.30. The van der Waals surface area contributed by atoms with Gasteiger partial charge in [-0.3, -0.25) is 14.9 Å². The van der Waals surface area contributed by atoms with Crippen LogP contribution in [0.4, 0.5) is 5.69 Å². The summed E-state index contributed by atoms with van der Waals surface area (Å²) in [6, 6.07) is 10.3. The third kappa shape index (κ3) is 3.41. The van der Waals surface area contributed by atoms with Gasteiger partial charge in [0.25, 0.3) is 21.6 Å². The lowest BCUT2D eigenvalue weighted by atomic mass is 10.2. The molecule has 0 bridgehead atoms. The number of sulfonamides is 1.